The fraction of sp³-hybridized carbons (Fsp3) is 0.640. The highest BCUT2D eigenvalue weighted by molar-refractivity contribution is 5.35. The third-order valence-corrected chi connectivity index (χ3v) is 7.23. The van der Waals surface area contributed by atoms with Crippen molar-refractivity contribution >= 4 is 0 Å². The summed E-state index contributed by atoms with van der Waals surface area (Å²) in [4.78, 5) is 0. The molecule has 0 aliphatic heterocycles. The molecule has 0 aromatic heterocycles. The lowest BCUT2D eigenvalue weighted by molar-refractivity contribution is 0.144. The zero-order valence-electron chi connectivity index (χ0n) is 17.2. The number of rotatable bonds is 7. The van der Waals surface area contributed by atoms with E-state index in [1.807, 2.05) is 6.08 Å². The Balaban J connectivity index is 1.39. The molecular weight excluding hydrogens is 371 g/mol. The van der Waals surface area contributed by atoms with Crippen molar-refractivity contribution < 1.29 is 13.2 Å². The van der Waals surface area contributed by atoms with E-state index in [0.717, 1.165) is 30.6 Å². The Labute approximate surface area is 173 Å². The van der Waals surface area contributed by atoms with Crippen LogP contribution in [0.3, 0.4) is 0 Å². The van der Waals surface area contributed by atoms with E-state index >= 15 is 0 Å². The molecule has 3 rings (SSSR count). The monoisotopic (exact) mass is 403 g/mol. The molecule has 1 aromatic carbocycles. The number of hydrogen-bond donors (Lipinski definition) is 0. The quantitative estimate of drug-likeness (QED) is 0.438. The first-order chi connectivity index (χ1) is 14.1. The lowest BCUT2D eigenvalue weighted by Gasteiger charge is -2.37. The van der Waals surface area contributed by atoms with Gasteiger partial charge in [0.05, 0.1) is 0 Å². The van der Waals surface area contributed by atoms with Crippen molar-refractivity contribution in [3.05, 3.63) is 47.0 Å². The number of aryl methyl sites for hydroxylation is 1. The van der Waals surface area contributed by atoms with E-state index in [1.54, 1.807) is 12.1 Å². The normalized spacial score (nSPS) is 27.8. The Morgan fingerprint density at radius 3 is 1.93 bits per heavy atom. The zero-order chi connectivity index (χ0) is 20.6. The molecule has 1 aromatic rings. The molecule has 0 atom stereocenters. The predicted octanol–water partition coefficient (Wildman–Crippen LogP) is 7.30. The summed E-state index contributed by atoms with van der Waals surface area (Å²) < 4.78 is 39.7. The van der Waals surface area contributed by atoms with Crippen LogP contribution >= 0.6 is 0 Å². The summed E-state index contributed by atoms with van der Waals surface area (Å²) in [5.41, 5.74) is 0.170. The highest BCUT2D eigenvalue weighted by Gasteiger charge is 2.30. The molecule has 2 saturated carbocycles. The molecule has 0 radical (unpaired) electrons. The molecule has 158 valence electrons. The average Bonchev–Trinajstić information content (AvgIpc) is 2.73. The topological polar surface area (TPSA) is 23.8 Å². The maximum atomic E-state index is 13.8. The van der Waals surface area contributed by atoms with Crippen molar-refractivity contribution in [2.75, 3.05) is 6.67 Å². The van der Waals surface area contributed by atoms with Crippen LogP contribution in [0.5, 0.6) is 0 Å². The van der Waals surface area contributed by atoms with Crippen LogP contribution in [0.1, 0.15) is 75.3 Å². The predicted molar refractivity (Wildman–Crippen MR) is 110 cm³/mol. The zero-order valence-corrected chi connectivity index (χ0v) is 17.2. The summed E-state index contributed by atoms with van der Waals surface area (Å²) in [5.74, 6) is 1.55. The Morgan fingerprint density at radius 2 is 1.41 bits per heavy atom. The Morgan fingerprint density at radius 1 is 0.862 bits per heavy atom. The second kappa shape index (κ2) is 10.9. The van der Waals surface area contributed by atoms with Crippen LogP contribution in [0.15, 0.2) is 24.3 Å². The third kappa shape index (κ3) is 6.11. The van der Waals surface area contributed by atoms with Gasteiger partial charge in [0.1, 0.15) is 29.9 Å². The van der Waals surface area contributed by atoms with Crippen molar-refractivity contribution in [2.45, 2.75) is 70.6 Å². The van der Waals surface area contributed by atoms with Gasteiger partial charge in [0, 0.05) is 0 Å². The van der Waals surface area contributed by atoms with Crippen molar-refractivity contribution in [1.29, 1.82) is 5.26 Å². The van der Waals surface area contributed by atoms with Gasteiger partial charge in [0.2, 0.25) is 0 Å². The van der Waals surface area contributed by atoms with Gasteiger partial charge in [-0.2, -0.15) is 5.26 Å². The molecule has 0 unspecified atom stereocenters. The minimum atomic E-state index is -0.748. The summed E-state index contributed by atoms with van der Waals surface area (Å²) in [6, 6.07) is 4.21. The molecule has 4 heteroatoms. The minimum absolute atomic E-state index is 0.354. The number of benzene rings is 1. The summed E-state index contributed by atoms with van der Waals surface area (Å²) in [5, 5.41) is 8.77. The van der Waals surface area contributed by atoms with E-state index in [9.17, 15) is 13.2 Å². The average molecular weight is 404 g/mol. The number of nitriles is 1. The van der Waals surface area contributed by atoms with Crippen molar-refractivity contribution in [3.63, 3.8) is 0 Å². The van der Waals surface area contributed by atoms with E-state index in [0.29, 0.717) is 17.9 Å². The van der Waals surface area contributed by atoms with Crippen LogP contribution in [0, 0.1) is 46.6 Å². The number of hydrogen-bond acceptors (Lipinski definition) is 1. The second-order valence-electron chi connectivity index (χ2n) is 9.01. The molecule has 0 spiro atoms. The SMILES string of the molecule is N#Cc1c(F)cc(CCC2CCC(C3CCC(C/C=C/CF)CC3)CC2)cc1F. The molecule has 0 amide bonds. The molecule has 2 aliphatic rings. The highest BCUT2D eigenvalue weighted by Crippen LogP contribution is 2.42. The Kier molecular flexibility index (Phi) is 8.21. The van der Waals surface area contributed by atoms with Gasteiger partial charge < -0.3 is 0 Å². The van der Waals surface area contributed by atoms with Gasteiger partial charge in [-0.3, -0.25) is 0 Å². The molecule has 0 bridgehead atoms. The lowest BCUT2D eigenvalue weighted by atomic mass is 9.68. The fourth-order valence-electron chi connectivity index (χ4n) is 5.44. The van der Waals surface area contributed by atoms with E-state index in [4.69, 9.17) is 5.26 Å². The molecular formula is C25H32F3N. The summed E-state index contributed by atoms with van der Waals surface area (Å²) in [6.07, 6.45) is 16.5. The van der Waals surface area contributed by atoms with Crippen molar-refractivity contribution in [1.82, 2.24) is 0 Å². The standard InChI is InChI=1S/C25H32F3N/c26-14-2-1-3-18-6-10-21(11-7-18)22-12-8-19(9-13-22)4-5-20-15-24(27)23(17-29)25(28)16-20/h1-2,15-16,18-19,21-22H,3-14H2/b2-1+. The summed E-state index contributed by atoms with van der Waals surface area (Å²) in [7, 11) is 0. The summed E-state index contributed by atoms with van der Waals surface area (Å²) >= 11 is 0. The lowest BCUT2D eigenvalue weighted by Crippen LogP contribution is -2.26. The largest absolute Gasteiger partial charge is 0.247 e. The van der Waals surface area contributed by atoms with Gasteiger partial charge >= 0.3 is 0 Å². The molecule has 0 N–H and O–H groups in total. The van der Waals surface area contributed by atoms with Gasteiger partial charge in [0.15, 0.2) is 0 Å². The molecule has 1 nitrogen and oxygen atoms in total. The van der Waals surface area contributed by atoms with Gasteiger partial charge in [-0.05, 0) is 99.2 Å². The Bertz CT molecular complexity index is 697. The third-order valence-electron chi connectivity index (χ3n) is 7.23. The van der Waals surface area contributed by atoms with Gasteiger partial charge in [-0.1, -0.05) is 25.0 Å². The van der Waals surface area contributed by atoms with Crippen LogP contribution in [0.25, 0.3) is 0 Å². The van der Waals surface area contributed by atoms with Gasteiger partial charge in [-0.25, -0.2) is 13.2 Å². The van der Waals surface area contributed by atoms with Crippen molar-refractivity contribution in [2.24, 2.45) is 23.7 Å². The second-order valence-corrected chi connectivity index (χ2v) is 9.01. The minimum Gasteiger partial charge on any atom is -0.247 e. The molecule has 2 fully saturated rings. The number of allylic oxidation sites excluding steroid dienone is 2. The fourth-order valence-corrected chi connectivity index (χ4v) is 5.44. The Hall–Kier alpha value is -1.76. The summed E-state index contributed by atoms with van der Waals surface area (Å²) in [6.45, 7) is -0.354. The molecule has 0 saturated heterocycles. The van der Waals surface area contributed by atoms with E-state index in [2.05, 4.69) is 0 Å². The first-order valence-corrected chi connectivity index (χ1v) is 11.2. The van der Waals surface area contributed by atoms with Crippen molar-refractivity contribution in [3.8, 4) is 6.07 Å². The number of nitrogens with zero attached hydrogens (tertiary/aromatic N) is 1. The maximum Gasteiger partial charge on any atom is 0.144 e. The molecule has 0 heterocycles. The number of halogens is 3. The first kappa shape index (κ1) is 21.9. The van der Waals surface area contributed by atoms with E-state index < -0.39 is 17.2 Å². The smallest absolute Gasteiger partial charge is 0.144 e. The van der Waals surface area contributed by atoms with Crippen LogP contribution in [-0.2, 0) is 6.42 Å². The molecule has 2 aliphatic carbocycles. The molecule has 29 heavy (non-hydrogen) atoms. The van der Waals surface area contributed by atoms with E-state index in [-0.39, 0.29) is 6.67 Å². The maximum absolute atomic E-state index is 13.8. The highest BCUT2D eigenvalue weighted by atomic mass is 19.1. The van der Waals surface area contributed by atoms with Gasteiger partial charge in [-0.15, -0.1) is 0 Å². The van der Waals surface area contributed by atoms with Crippen LogP contribution < -0.4 is 0 Å². The van der Waals surface area contributed by atoms with Gasteiger partial charge in [0.25, 0.3) is 0 Å². The van der Waals surface area contributed by atoms with Crippen LogP contribution in [0.4, 0.5) is 13.2 Å². The van der Waals surface area contributed by atoms with Crippen LogP contribution in [0.2, 0.25) is 0 Å². The van der Waals surface area contributed by atoms with Crippen LogP contribution in [-0.4, -0.2) is 6.67 Å². The first-order valence-electron chi connectivity index (χ1n) is 11.2. The van der Waals surface area contributed by atoms with E-state index in [1.165, 1.54) is 63.5 Å². The number of alkyl halides is 1.